The third-order valence-electron chi connectivity index (χ3n) is 2.81. The normalized spacial score (nSPS) is 10.9. The lowest BCUT2D eigenvalue weighted by Gasteiger charge is -2.13. The summed E-state index contributed by atoms with van der Waals surface area (Å²) < 4.78 is 39.3. The largest absolute Gasteiger partial charge is 0.490 e. The molecule has 0 saturated carbocycles. The van der Waals surface area contributed by atoms with Gasteiger partial charge in [-0.3, -0.25) is 0 Å². The standard InChI is InChI=1S/C15H23F2NO3/c1-3-20-14-10-12(6-7-13(14)21-15(16)17)11-18-8-4-5-9-19-2/h6-7,10,15,18H,3-5,8-9,11H2,1-2H3. The number of hydrogen-bond donors (Lipinski definition) is 1. The van der Waals surface area contributed by atoms with Crippen LogP contribution in [0.5, 0.6) is 11.5 Å². The molecule has 0 aromatic heterocycles. The van der Waals surface area contributed by atoms with Crippen molar-refractivity contribution < 1.29 is 23.0 Å². The molecular formula is C15H23F2NO3. The predicted molar refractivity (Wildman–Crippen MR) is 77.1 cm³/mol. The average Bonchev–Trinajstić information content (AvgIpc) is 2.45. The fraction of sp³-hybridized carbons (Fsp3) is 0.600. The van der Waals surface area contributed by atoms with Crippen LogP contribution in [0, 0.1) is 0 Å². The third-order valence-corrected chi connectivity index (χ3v) is 2.81. The van der Waals surface area contributed by atoms with Gasteiger partial charge in [-0.1, -0.05) is 6.07 Å². The van der Waals surface area contributed by atoms with Crippen molar-refractivity contribution in [2.24, 2.45) is 0 Å². The van der Waals surface area contributed by atoms with Crippen molar-refractivity contribution in [3.63, 3.8) is 0 Å². The molecule has 0 spiro atoms. The van der Waals surface area contributed by atoms with Crippen LogP contribution >= 0.6 is 0 Å². The Bertz CT molecular complexity index is 403. The first-order chi connectivity index (χ1) is 10.2. The first-order valence-electron chi connectivity index (χ1n) is 7.07. The van der Waals surface area contributed by atoms with Crippen LogP contribution in [-0.4, -0.2) is 33.5 Å². The zero-order chi connectivity index (χ0) is 15.5. The van der Waals surface area contributed by atoms with Crippen LogP contribution in [0.2, 0.25) is 0 Å². The molecule has 4 nitrogen and oxygen atoms in total. The van der Waals surface area contributed by atoms with E-state index >= 15 is 0 Å². The topological polar surface area (TPSA) is 39.7 Å². The van der Waals surface area contributed by atoms with E-state index in [9.17, 15) is 8.78 Å². The van der Waals surface area contributed by atoms with Gasteiger partial charge in [0.05, 0.1) is 6.61 Å². The van der Waals surface area contributed by atoms with Gasteiger partial charge in [-0.05, 0) is 44.0 Å². The van der Waals surface area contributed by atoms with Gasteiger partial charge in [0.1, 0.15) is 0 Å². The van der Waals surface area contributed by atoms with Crippen molar-refractivity contribution in [3.8, 4) is 11.5 Å². The van der Waals surface area contributed by atoms with Crippen LogP contribution in [0.1, 0.15) is 25.3 Å². The molecule has 1 aromatic carbocycles. The molecule has 0 aliphatic heterocycles. The molecule has 0 radical (unpaired) electrons. The van der Waals surface area contributed by atoms with E-state index in [2.05, 4.69) is 10.1 Å². The predicted octanol–water partition coefficient (Wildman–Crippen LogP) is 3.20. The Balaban J connectivity index is 2.49. The summed E-state index contributed by atoms with van der Waals surface area (Å²) >= 11 is 0. The van der Waals surface area contributed by atoms with E-state index < -0.39 is 6.61 Å². The number of alkyl halides is 2. The summed E-state index contributed by atoms with van der Waals surface area (Å²) in [5, 5.41) is 3.29. The minimum atomic E-state index is -2.85. The van der Waals surface area contributed by atoms with E-state index in [1.54, 1.807) is 26.2 Å². The van der Waals surface area contributed by atoms with Crippen LogP contribution in [0.15, 0.2) is 18.2 Å². The first kappa shape index (κ1) is 17.7. The zero-order valence-electron chi connectivity index (χ0n) is 12.5. The first-order valence-corrected chi connectivity index (χ1v) is 7.07. The summed E-state index contributed by atoms with van der Waals surface area (Å²) in [5.41, 5.74) is 0.965. The van der Waals surface area contributed by atoms with E-state index in [0.29, 0.717) is 18.9 Å². The molecule has 0 unspecified atom stereocenters. The van der Waals surface area contributed by atoms with Gasteiger partial charge in [0.15, 0.2) is 11.5 Å². The van der Waals surface area contributed by atoms with Crippen LogP contribution in [-0.2, 0) is 11.3 Å². The van der Waals surface area contributed by atoms with Gasteiger partial charge < -0.3 is 19.5 Å². The molecular weight excluding hydrogens is 280 g/mol. The molecule has 0 fully saturated rings. The lowest BCUT2D eigenvalue weighted by molar-refractivity contribution is -0.0514. The smallest absolute Gasteiger partial charge is 0.387 e. The lowest BCUT2D eigenvalue weighted by Crippen LogP contribution is -2.15. The van der Waals surface area contributed by atoms with Crippen LogP contribution in [0.3, 0.4) is 0 Å². The van der Waals surface area contributed by atoms with Crippen molar-refractivity contribution in [2.75, 3.05) is 26.9 Å². The number of benzene rings is 1. The Hall–Kier alpha value is -1.40. The maximum Gasteiger partial charge on any atom is 0.387 e. The fourth-order valence-corrected chi connectivity index (χ4v) is 1.85. The monoisotopic (exact) mass is 303 g/mol. The number of unbranched alkanes of at least 4 members (excludes halogenated alkanes) is 1. The molecule has 0 bridgehead atoms. The van der Waals surface area contributed by atoms with Gasteiger partial charge in [0, 0.05) is 20.3 Å². The number of rotatable bonds is 11. The average molecular weight is 303 g/mol. The summed E-state index contributed by atoms with van der Waals surface area (Å²) in [6, 6.07) is 4.99. The molecule has 0 heterocycles. The van der Waals surface area contributed by atoms with Gasteiger partial charge in [-0.2, -0.15) is 8.78 Å². The minimum absolute atomic E-state index is 0.0655. The van der Waals surface area contributed by atoms with Gasteiger partial charge in [-0.25, -0.2) is 0 Å². The van der Waals surface area contributed by atoms with E-state index in [-0.39, 0.29) is 5.75 Å². The minimum Gasteiger partial charge on any atom is -0.490 e. The van der Waals surface area contributed by atoms with E-state index in [0.717, 1.165) is 31.6 Å². The third kappa shape index (κ3) is 7.24. The Morgan fingerprint density at radius 3 is 2.67 bits per heavy atom. The molecule has 0 aliphatic rings. The van der Waals surface area contributed by atoms with Crippen molar-refractivity contribution >= 4 is 0 Å². The molecule has 6 heteroatoms. The van der Waals surface area contributed by atoms with Crippen molar-refractivity contribution in [1.82, 2.24) is 5.32 Å². The maximum atomic E-state index is 12.3. The highest BCUT2D eigenvalue weighted by atomic mass is 19.3. The Labute approximate surface area is 124 Å². The summed E-state index contributed by atoms with van der Waals surface area (Å²) in [6.07, 6.45) is 2.04. The Morgan fingerprint density at radius 2 is 2.00 bits per heavy atom. The highest BCUT2D eigenvalue weighted by molar-refractivity contribution is 5.43. The maximum absolute atomic E-state index is 12.3. The number of nitrogens with one attached hydrogen (secondary N) is 1. The number of hydrogen-bond acceptors (Lipinski definition) is 4. The summed E-state index contributed by atoms with van der Waals surface area (Å²) in [6.45, 7) is 1.63. The Morgan fingerprint density at radius 1 is 1.19 bits per heavy atom. The number of methoxy groups -OCH3 is 1. The van der Waals surface area contributed by atoms with Gasteiger partial charge >= 0.3 is 6.61 Å². The van der Waals surface area contributed by atoms with Crippen molar-refractivity contribution in [3.05, 3.63) is 23.8 Å². The summed E-state index contributed by atoms with van der Waals surface area (Å²) in [5.74, 6) is 0.409. The summed E-state index contributed by atoms with van der Waals surface area (Å²) in [4.78, 5) is 0. The Kier molecular flexibility index (Phi) is 8.69. The summed E-state index contributed by atoms with van der Waals surface area (Å²) in [7, 11) is 1.69. The highest BCUT2D eigenvalue weighted by Gasteiger charge is 2.11. The fourth-order valence-electron chi connectivity index (χ4n) is 1.85. The van der Waals surface area contributed by atoms with Crippen LogP contribution < -0.4 is 14.8 Å². The SMILES string of the molecule is CCOc1cc(CNCCCCOC)ccc1OC(F)F. The van der Waals surface area contributed by atoms with Gasteiger partial charge in [0.25, 0.3) is 0 Å². The van der Waals surface area contributed by atoms with Crippen LogP contribution in [0.25, 0.3) is 0 Å². The van der Waals surface area contributed by atoms with Crippen molar-refractivity contribution in [2.45, 2.75) is 32.9 Å². The second-order valence-electron chi connectivity index (χ2n) is 4.47. The molecule has 0 atom stereocenters. The molecule has 0 amide bonds. The highest BCUT2D eigenvalue weighted by Crippen LogP contribution is 2.29. The quantitative estimate of drug-likeness (QED) is 0.637. The van der Waals surface area contributed by atoms with E-state index in [1.807, 2.05) is 0 Å². The molecule has 120 valence electrons. The second kappa shape index (κ2) is 10.3. The molecule has 1 rings (SSSR count). The zero-order valence-corrected chi connectivity index (χ0v) is 12.5. The molecule has 1 N–H and O–H groups in total. The van der Waals surface area contributed by atoms with Gasteiger partial charge in [0.2, 0.25) is 0 Å². The van der Waals surface area contributed by atoms with Crippen LogP contribution in [0.4, 0.5) is 8.78 Å². The number of halogens is 2. The number of ether oxygens (including phenoxy) is 3. The van der Waals surface area contributed by atoms with Gasteiger partial charge in [-0.15, -0.1) is 0 Å². The van der Waals surface area contributed by atoms with Crippen molar-refractivity contribution in [1.29, 1.82) is 0 Å². The molecule has 0 saturated heterocycles. The molecule has 0 aliphatic carbocycles. The van der Waals surface area contributed by atoms with E-state index in [1.165, 1.54) is 6.07 Å². The lowest BCUT2D eigenvalue weighted by atomic mass is 10.2. The van der Waals surface area contributed by atoms with E-state index in [4.69, 9.17) is 9.47 Å². The second-order valence-corrected chi connectivity index (χ2v) is 4.47. The molecule has 1 aromatic rings. The molecule has 21 heavy (non-hydrogen) atoms.